The highest BCUT2D eigenvalue weighted by Crippen LogP contribution is 2.05. The molecule has 1 aliphatic heterocycles. The first-order chi connectivity index (χ1) is 8.70. The molecule has 1 aromatic rings. The first-order valence-electron chi connectivity index (χ1n) is 6.14. The van der Waals surface area contributed by atoms with Gasteiger partial charge in [0.2, 0.25) is 11.8 Å². The van der Waals surface area contributed by atoms with E-state index in [4.69, 9.17) is 0 Å². The summed E-state index contributed by atoms with van der Waals surface area (Å²) in [5, 5.41) is 9.53. The van der Waals surface area contributed by atoms with E-state index in [1.165, 1.54) is 6.33 Å². The average molecular weight is 251 g/mol. The third-order valence-electron chi connectivity index (χ3n) is 2.88. The summed E-state index contributed by atoms with van der Waals surface area (Å²) in [4.78, 5) is 26.7. The molecule has 7 nitrogen and oxygen atoms in total. The van der Waals surface area contributed by atoms with E-state index in [1.807, 2.05) is 4.68 Å². The fourth-order valence-electron chi connectivity index (χ4n) is 1.93. The SMILES string of the molecule is CCCn1ncnc1CNC1CCC(=O)NC1=O. The number of aryl methyl sites for hydroxylation is 1. The topological polar surface area (TPSA) is 88.9 Å². The van der Waals surface area contributed by atoms with Crippen LogP contribution in [0.25, 0.3) is 0 Å². The molecule has 2 rings (SSSR count). The number of carbonyl (C=O) groups excluding carboxylic acids is 2. The monoisotopic (exact) mass is 251 g/mol. The van der Waals surface area contributed by atoms with Crippen LogP contribution in [-0.2, 0) is 22.7 Å². The number of amides is 2. The van der Waals surface area contributed by atoms with Crippen LogP contribution in [0.3, 0.4) is 0 Å². The molecule has 1 fully saturated rings. The molecular formula is C11H17N5O2. The molecule has 1 saturated heterocycles. The van der Waals surface area contributed by atoms with E-state index in [2.05, 4.69) is 27.6 Å². The zero-order valence-corrected chi connectivity index (χ0v) is 10.3. The number of carbonyl (C=O) groups is 2. The second kappa shape index (κ2) is 5.72. The maximum Gasteiger partial charge on any atom is 0.243 e. The lowest BCUT2D eigenvalue weighted by molar-refractivity contribution is -0.134. The van der Waals surface area contributed by atoms with Gasteiger partial charge in [-0.3, -0.25) is 20.2 Å². The second-order valence-corrected chi connectivity index (χ2v) is 4.28. The quantitative estimate of drug-likeness (QED) is 0.694. The molecule has 1 atom stereocenters. The fraction of sp³-hybridized carbons (Fsp3) is 0.636. The molecule has 7 heteroatoms. The van der Waals surface area contributed by atoms with Gasteiger partial charge in [0.15, 0.2) is 0 Å². The summed E-state index contributed by atoms with van der Waals surface area (Å²) in [6.45, 7) is 3.36. The summed E-state index contributed by atoms with van der Waals surface area (Å²) in [7, 11) is 0. The first-order valence-corrected chi connectivity index (χ1v) is 6.14. The number of hydrogen-bond acceptors (Lipinski definition) is 5. The maximum absolute atomic E-state index is 11.5. The normalized spacial score (nSPS) is 19.9. The summed E-state index contributed by atoms with van der Waals surface area (Å²) < 4.78 is 1.82. The highest BCUT2D eigenvalue weighted by atomic mass is 16.2. The van der Waals surface area contributed by atoms with Crippen LogP contribution in [0.5, 0.6) is 0 Å². The van der Waals surface area contributed by atoms with Crippen molar-refractivity contribution in [1.82, 2.24) is 25.4 Å². The smallest absolute Gasteiger partial charge is 0.243 e. The summed E-state index contributed by atoms with van der Waals surface area (Å²) in [6, 6.07) is -0.325. The molecule has 18 heavy (non-hydrogen) atoms. The fourth-order valence-corrected chi connectivity index (χ4v) is 1.93. The Morgan fingerprint density at radius 1 is 1.56 bits per heavy atom. The highest BCUT2D eigenvalue weighted by Gasteiger charge is 2.26. The van der Waals surface area contributed by atoms with Gasteiger partial charge < -0.3 is 0 Å². The first kappa shape index (κ1) is 12.7. The molecule has 0 saturated carbocycles. The van der Waals surface area contributed by atoms with Gasteiger partial charge in [-0.1, -0.05) is 6.92 Å². The highest BCUT2D eigenvalue weighted by molar-refractivity contribution is 6.00. The Labute approximate surface area is 105 Å². The zero-order valence-electron chi connectivity index (χ0n) is 10.3. The summed E-state index contributed by atoms with van der Waals surface area (Å²) in [6.07, 6.45) is 3.41. The van der Waals surface area contributed by atoms with E-state index in [-0.39, 0.29) is 17.9 Å². The molecule has 1 unspecified atom stereocenters. The van der Waals surface area contributed by atoms with Crippen LogP contribution in [0.1, 0.15) is 32.0 Å². The molecule has 2 heterocycles. The molecule has 2 N–H and O–H groups in total. The van der Waals surface area contributed by atoms with Crippen molar-refractivity contribution in [1.29, 1.82) is 0 Å². The van der Waals surface area contributed by atoms with Gasteiger partial charge in [-0.25, -0.2) is 9.67 Å². The molecule has 0 aromatic carbocycles. The average Bonchev–Trinajstić information content (AvgIpc) is 2.76. The van der Waals surface area contributed by atoms with Gasteiger partial charge in [0.05, 0.1) is 12.6 Å². The van der Waals surface area contributed by atoms with E-state index in [9.17, 15) is 9.59 Å². The van der Waals surface area contributed by atoms with Gasteiger partial charge in [-0.15, -0.1) is 0 Å². The number of nitrogens with one attached hydrogen (secondary N) is 2. The molecule has 98 valence electrons. The third kappa shape index (κ3) is 2.92. The van der Waals surface area contributed by atoms with E-state index < -0.39 is 0 Å². The van der Waals surface area contributed by atoms with Crippen LogP contribution in [0.15, 0.2) is 6.33 Å². The van der Waals surface area contributed by atoms with Crippen molar-refractivity contribution in [3.63, 3.8) is 0 Å². The molecule has 1 aromatic heterocycles. The summed E-state index contributed by atoms with van der Waals surface area (Å²) >= 11 is 0. The van der Waals surface area contributed by atoms with E-state index in [0.29, 0.717) is 19.4 Å². The Hall–Kier alpha value is -1.76. The van der Waals surface area contributed by atoms with Crippen molar-refractivity contribution in [3.8, 4) is 0 Å². The van der Waals surface area contributed by atoms with Crippen LogP contribution in [0, 0.1) is 0 Å². The Morgan fingerprint density at radius 3 is 3.11 bits per heavy atom. The van der Waals surface area contributed by atoms with Crippen LogP contribution in [0.4, 0.5) is 0 Å². The van der Waals surface area contributed by atoms with Crippen LogP contribution >= 0.6 is 0 Å². The van der Waals surface area contributed by atoms with E-state index >= 15 is 0 Å². The number of imide groups is 1. The minimum atomic E-state index is -0.325. The standard InChI is InChI=1S/C11H17N5O2/c1-2-5-16-9(13-7-14-16)6-12-8-3-4-10(17)15-11(8)18/h7-8,12H,2-6H2,1H3,(H,15,17,18). The van der Waals surface area contributed by atoms with Crippen LogP contribution in [0.2, 0.25) is 0 Å². The third-order valence-corrected chi connectivity index (χ3v) is 2.88. The van der Waals surface area contributed by atoms with Gasteiger partial charge in [-0.2, -0.15) is 5.10 Å². The lowest BCUT2D eigenvalue weighted by Crippen LogP contribution is -2.50. The number of hydrogen-bond donors (Lipinski definition) is 2. The second-order valence-electron chi connectivity index (χ2n) is 4.28. The maximum atomic E-state index is 11.5. The van der Waals surface area contributed by atoms with E-state index in [0.717, 1.165) is 18.8 Å². The van der Waals surface area contributed by atoms with Crippen molar-refractivity contribution in [2.24, 2.45) is 0 Å². The molecule has 0 bridgehead atoms. The predicted octanol–water partition coefficient (Wildman–Crippen LogP) is -0.417. The van der Waals surface area contributed by atoms with Gasteiger partial charge in [0, 0.05) is 13.0 Å². The number of piperidine rings is 1. The molecule has 1 aliphatic rings. The summed E-state index contributed by atoms with van der Waals surface area (Å²) in [5.74, 6) is 0.349. The Bertz CT molecular complexity index is 442. The van der Waals surface area contributed by atoms with Crippen molar-refractivity contribution < 1.29 is 9.59 Å². The van der Waals surface area contributed by atoms with Gasteiger partial charge in [0.25, 0.3) is 0 Å². The Kier molecular flexibility index (Phi) is 4.03. The van der Waals surface area contributed by atoms with Gasteiger partial charge in [-0.05, 0) is 12.8 Å². The van der Waals surface area contributed by atoms with Crippen molar-refractivity contribution >= 4 is 11.8 Å². The minimum absolute atomic E-state index is 0.202. The summed E-state index contributed by atoms with van der Waals surface area (Å²) in [5.41, 5.74) is 0. The van der Waals surface area contributed by atoms with Crippen molar-refractivity contribution in [3.05, 3.63) is 12.2 Å². The molecular weight excluding hydrogens is 234 g/mol. The van der Waals surface area contributed by atoms with E-state index in [1.54, 1.807) is 0 Å². The number of rotatable bonds is 5. The predicted molar refractivity (Wildman–Crippen MR) is 63.3 cm³/mol. The largest absolute Gasteiger partial charge is 0.299 e. The number of aromatic nitrogens is 3. The van der Waals surface area contributed by atoms with Crippen LogP contribution < -0.4 is 10.6 Å². The number of nitrogens with zero attached hydrogens (tertiary/aromatic N) is 3. The van der Waals surface area contributed by atoms with Crippen molar-refractivity contribution in [2.75, 3.05) is 0 Å². The van der Waals surface area contributed by atoms with Gasteiger partial charge >= 0.3 is 0 Å². The lowest BCUT2D eigenvalue weighted by Gasteiger charge is -2.21. The lowest BCUT2D eigenvalue weighted by atomic mass is 10.1. The molecule has 2 amide bonds. The van der Waals surface area contributed by atoms with Crippen molar-refractivity contribution in [2.45, 2.75) is 45.3 Å². The zero-order chi connectivity index (χ0) is 13.0. The molecule has 0 spiro atoms. The minimum Gasteiger partial charge on any atom is -0.299 e. The van der Waals surface area contributed by atoms with Crippen LogP contribution in [-0.4, -0.2) is 32.6 Å². The molecule has 0 aliphatic carbocycles. The Morgan fingerprint density at radius 2 is 2.39 bits per heavy atom. The Balaban J connectivity index is 1.89. The molecule has 0 radical (unpaired) electrons. The van der Waals surface area contributed by atoms with Gasteiger partial charge in [0.1, 0.15) is 12.2 Å².